The zero-order valence-corrected chi connectivity index (χ0v) is 28.9. The van der Waals surface area contributed by atoms with Crippen LogP contribution >= 0.6 is 50.2 Å². The van der Waals surface area contributed by atoms with Crippen LogP contribution in [0.4, 0.5) is 10.5 Å². The Hall–Kier alpha value is -1.41. The fourth-order valence-corrected chi connectivity index (χ4v) is 9.38. The van der Waals surface area contributed by atoms with Crippen molar-refractivity contribution < 1.29 is 23.6 Å². The van der Waals surface area contributed by atoms with Gasteiger partial charge in [0.05, 0.1) is 39.9 Å². The number of pyridine rings is 1. The van der Waals surface area contributed by atoms with Crippen molar-refractivity contribution in [2.75, 3.05) is 18.6 Å². The van der Waals surface area contributed by atoms with E-state index < -0.39 is 39.8 Å². The molecular weight excluding hydrogens is 670 g/mol. The van der Waals surface area contributed by atoms with Crippen molar-refractivity contribution in [1.29, 1.82) is 0 Å². The number of anilines is 1. The van der Waals surface area contributed by atoms with Crippen LogP contribution in [0.1, 0.15) is 70.2 Å². The number of amides is 1. The summed E-state index contributed by atoms with van der Waals surface area (Å²) in [6, 6.07) is 5.03. The van der Waals surface area contributed by atoms with Crippen LogP contribution in [0, 0.1) is 5.92 Å². The Bertz CT molecular complexity index is 1400. The number of piperidine rings is 1. The average Bonchev–Trinajstić information content (AvgIpc) is 3.52. The van der Waals surface area contributed by atoms with Crippen molar-refractivity contribution in [3.63, 3.8) is 0 Å². The molecule has 1 fully saturated rings. The van der Waals surface area contributed by atoms with Crippen LogP contribution < -0.4 is 4.90 Å². The Balaban J connectivity index is 1.92. The van der Waals surface area contributed by atoms with Crippen LogP contribution in [0.2, 0.25) is 5.15 Å². The number of nitrogens with zero attached hydrogens (tertiary/aromatic N) is 3. The largest absolute Gasteiger partial charge is 0.597 e. The second-order valence-corrected chi connectivity index (χ2v) is 17.2. The van der Waals surface area contributed by atoms with E-state index in [0.29, 0.717) is 39.8 Å². The molecule has 0 saturated carbocycles. The minimum absolute atomic E-state index is 0.209. The Kier molecular flexibility index (Phi) is 10.0. The zero-order valence-electron chi connectivity index (χ0n) is 24.2. The molecule has 3 unspecified atom stereocenters. The van der Waals surface area contributed by atoms with Gasteiger partial charge in [-0.3, -0.25) is 9.69 Å². The highest BCUT2D eigenvalue weighted by atomic mass is 79.9. The third-order valence-corrected chi connectivity index (χ3v) is 11.7. The molecule has 0 bridgehead atoms. The number of halogens is 2. The zero-order chi connectivity index (χ0) is 30.3. The van der Waals surface area contributed by atoms with E-state index in [4.69, 9.17) is 21.1 Å². The number of rotatable bonds is 6. The first-order chi connectivity index (χ1) is 19.1. The van der Waals surface area contributed by atoms with Crippen LogP contribution in [-0.4, -0.2) is 49.9 Å². The second kappa shape index (κ2) is 12.7. The van der Waals surface area contributed by atoms with E-state index in [2.05, 4.69) is 20.9 Å². The summed E-state index contributed by atoms with van der Waals surface area (Å²) in [7, 11) is 1.38. The van der Waals surface area contributed by atoms with Crippen molar-refractivity contribution in [2.45, 2.75) is 77.3 Å². The summed E-state index contributed by atoms with van der Waals surface area (Å²) in [5.74, 6) is -0.884. The van der Waals surface area contributed by atoms with Gasteiger partial charge < -0.3 is 14.0 Å². The van der Waals surface area contributed by atoms with Gasteiger partial charge in [-0.25, -0.2) is 9.78 Å². The summed E-state index contributed by atoms with van der Waals surface area (Å²) < 4.78 is 27.5. The smallest absolute Gasteiger partial charge is 0.415 e. The number of carbonyl (C=O) groups is 2. The lowest BCUT2D eigenvalue weighted by Gasteiger charge is -2.42. The minimum atomic E-state index is -1.40. The lowest BCUT2D eigenvalue weighted by atomic mass is 9.90. The van der Waals surface area contributed by atoms with E-state index in [1.54, 1.807) is 11.0 Å². The maximum Gasteiger partial charge on any atom is 0.415 e. The summed E-state index contributed by atoms with van der Waals surface area (Å²) in [5.41, 5.74) is 0.395. The molecule has 0 N–H and O–H groups in total. The highest BCUT2D eigenvalue weighted by Gasteiger charge is 2.48. The van der Waals surface area contributed by atoms with Gasteiger partial charge in [-0.1, -0.05) is 17.7 Å². The lowest BCUT2D eigenvalue weighted by Crippen LogP contribution is -2.50. The molecule has 3 aromatic heterocycles. The van der Waals surface area contributed by atoms with Gasteiger partial charge in [0.15, 0.2) is 0 Å². The third kappa shape index (κ3) is 7.22. The molecule has 1 saturated heterocycles. The normalized spacial score (nSPS) is 19.3. The van der Waals surface area contributed by atoms with Gasteiger partial charge in [0, 0.05) is 33.7 Å². The summed E-state index contributed by atoms with van der Waals surface area (Å²) in [6.07, 6.45) is 0.795. The topological polar surface area (TPSA) is 95.0 Å². The Morgan fingerprint density at radius 3 is 2.59 bits per heavy atom. The maximum atomic E-state index is 13.8. The van der Waals surface area contributed by atoms with Gasteiger partial charge >= 0.3 is 12.1 Å². The molecule has 1 aliphatic heterocycles. The molecule has 8 nitrogen and oxygen atoms in total. The van der Waals surface area contributed by atoms with Crippen molar-refractivity contribution in [1.82, 2.24) is 9.29 Å². The molecule has 1 aliphatic rings. The van der Waals surface area contributed by atoms with E-state index in [-0.39, 0.29) is 17.7 Å². The predicted octanol–water partition coefficient (Wildman–Crippen LogP) is 8.10. The molecule has 4 rings (SSSR count). The summed E-state index contributed by atoms with van der Waals surface area (Å²) in [6.45, 7) is 12.1. The SMILES string of the molecule is COC(=O)C1CCCN([S+]([O-])C(C)(C)C)C1c1sc2c(N(Cc3cccs3)C(=O)OC(C)(C)C)cc(Cl)nc2c1Br. The molecular formula is C28H35BrClN3O5S3. The van der Waals surface area contributed by atoms with E-state index in [9.17, 15) is 14.1 Å². The van der Waals surface area contributed by atoms with Crippen LogP contribution in [-0.2, 0) is 32.2 Å². The van der Waals surface area contributed by atoms with Crippen molar-refractivity contribution in [2.24, 2.45) is 5.92 Å². The molecule has 3 aromatic rings. The maximum absolute atomic E-state index is 13.8. The molecule has 0 spiro atoms. The van der Waals surface area contributed by atoms with Gasteiger partial charge in [0.25, 0.3) is 0 Å². The fraction of sp³-hybridized carbons (Fsp3) is 0.536. The number of esters is 1. The highest BCUT2D eigenvalue weighted by molar-refractivity contribution is 9.10. The number of hydrogen-bond acceptors (Lipinski definition) is 9. The van der Waals surface area contributed by atoms with Crippen molar-refractivity contribution >= 4 is 89.5 Å². The molecule has 4 heterocycles. The number of fused-ring (bicyclic) bond motifs is 1. The van der Waals surface area contributed by atoms with Gasteiger partial charge in [0.1, 0.15) is 21.5 Å². The van der Waals surface area contributed by atoms with Gasteiger partial charge in [-0.05, 0) is 81.8 Å². The summed E-state index contributed by atoms with van der Waals surface area (Å²) in [5, 5.41) is 2.16. The van der Waals surface area contributed by atoms with E-state index in [1.165, 1.54) is 29.8 Å². The molecule has 1 amide bonds. The number of thiophene rings is 2. The van der Waals surface area contributed by atoms with Gasteiger partial charge in [-0.15, -0.1) is 27.0 Å². The molecule has 0 aliphatic carbocycles. The number of carbonyl (C=O) groups excluding carboxylic acids is 2. The third-order valence-electron chi connectivity index (χ3n) is 6.45. The highest BCUT2D eigenvalue weighted by Crippen LogP contribution is 2.50. The number of ether oxygens (including phenoxy) is 2. The lowest BCUT2D eigenvalue weighted by molar-refractivity contribution is -0.148. The molecule has 3 atom stereocenters. The van der Waals surface area contributed by atoms with Crippen LogP contribution in [0.15, 0.2) is 28.1 Å². The van der Waals surface area contributed by atoms with Gasteiger partial charge in [0.2, 0.25) is 0 Å². The number of methoxy groups -OCH3 is 1. The Labute approximate surface area is 265 Å². The molecule has 0 aromatic carbocycles. The molecule has 0 radical (unpaired) electrons. The van der Waals surface area contributed by atoms with Gasteiger partial charge in [-0.2, -0.15) is 0 Å². The predicted molar refractivity (Wildman–Crippen MR) is 171 cm³/mol. The minimum Gasteiger partial charge on any atom is -0.597 e. The van der Waals surface area contributed by atoms with E-state index in [0.717, 1.165) is 9.75 Å². The van der Waals surface area contributed by atoms with Crippen molar-refractivity contribution in [3.8, 4) is 0 Å². The monoisotopic (exact) mass is 703 g/mol. The number of hydrogen-bond donors (Lipinski definition) is 0. The van der Waals surface area contributed by atoms with E-state index in [1.807, 2.05) is 63.4 Å². The van der Waals surface area contributed by atoms with Crippen LogP contribution in [0.5, 0.6) is 0 Å². The number of aromatic nitrogens is 1. The van der Waals surface area contributed by atoms with E-state index >= 15 is 0 Å². The molecule has 224 valence electrons. The first-order valence-corrected chi connectivity index (χ1v) is 17.2. The summed E-state index contributed by atoms with van der Waals surface area (Å²) in [4.78, 5) is 34.6. The Morgan fingerprint density at radius 2 is 2.00 bits per heavy atom. The van der Waals surface area contributed by atoms with Crippen LogP contribution in [0.25, 0.3) is 10.2 Å². The average molecular weight is 705 g/mol. The second-order valence-electron chi connectivity index (χ2n) is 11.8. The summed E-state index contributed by atoms with van der Waals surface area (Å²) >= 11 is 11.9. The molecule has 13 heteroatoms. The fourth-order valence-electron chi connectivity index (χ4n) is 4.74. The van der Waals surface area contributed by atoms with Crippen LogP contribution in [0.3, 0.4) is 0 Å². The Morgan fingerprint density at radius 1 is 1.29 bits per heavy atom. The quantitative estimate of drug-likeness (QED) is 0.145. The first kappa shape index (κ1) is 32.5. The first-order valence-electron chi connectivity index (χ1n) is 13.2. The standard InChI is InChI=1S/C28H35BrClN3O5S3/c1-27(2,3)38-26(35)32(15-16-10-9-13-39-16)18-14-19(30)31-21-20(29)24(40-23(18)21)22-17(25(34)37-7)11-8-12-33(22)41(36)28(4,5)6/h9-10,13-14,17,22H,8,11-12,15H2,1-7H3. The molecule has 41 heavy (non-hydrogen) atoms. The van der Waals surface area contributed by atoms with Crippen molar-refractivity contribution in [3.05, 3.63) is 43.0 Å².